The third-order valence-electron chi connectivity index (χ3n) is 3.71. The molecule has 2 N–H and O–H groups in total. The summed E-state index contributed by atoms with van der Waals surface area (Å²) in [5.41, 5.74) is 5.62. The Kier molecular flexibility index (Phi) is 5.11. The molecule has 0 saturated carbocycles. The van der Waals surface area contributed by atoms with Crippen molar-refractivity contribution in [2.24, 2.45) is 5.73 Å². The van der Waals surface area contributed by atoms with Crippen LogP contribution in [0.5, 0.6) is 0 Å². The number of nitrogens with zero attached hydrogens (tertiary/aromatic N) is 1. The maximum atomic E-state index is 13.3. The average molecular weight is 302 g/mol. The third kappa shape index (κ3) is 4.11. The molecule has 1 unspecified atom stereocenters. The van der Waals surface area contributed by atoms with E-state index in [4.69, 9.17) is 10.5 Å². The fourth-order valence-electron chi connectivity index (χ4n) is 2.66. The first-order valence-electron chi connectivity index (χ1n) is 7.14. The largest absolute Gasteiger partial charge is 0.418 e. The Bertz CT molecular complexity index is 470. The molecule has 1 saturated heterocycles. The molecule has 0 spiro atoms. The molecule has 2 rings (SSSR count). The minimum atomic E-state index is -4.37. The average Bonchev–Trinajstić information content (AvgIpc) is 2.91. The van der Waals surface area contributed by atoms with Gasteiger partial charge in [-0.15, -0.1) is 0 Å². The second-order valence-electron chi connectivity index (χ2n) is 5.40. The lowest BCUT2D eigenvalue weighted by atomic mass is 10.0. The van der Waals surface area contributed by atoms with E-state index in [2.05, 4.69) is 0 Å². The maximum Gasteiger partial charge on any atom is 0.418 e. The summed E-state index contributed by atoms with van der Waals surface area (Å²) >= 11 is 0. The third-order valence-corrected chi connectivity index (χ3v) is 3.71. The Morgan fingerprint density at radius 1 is 1.38 bits per heavy atom. The molecular weight excluding hydrogens is 281 g/mol. The monoisotopic (exact) mass is 302 g/mol. The van der Waals surface area contributed by atoms with Gasteiger partial charge in [-0.05, 0) is 43.5 Å². The van der Waals surface area contributed by atoms with Crippen LogP contribution in [0.3, 0.4) is 0 Å². The number of alkyl halides is 3. The van der Waals surface area contributed by atoms with Gasteiger partial charge in [0, 0.05) is 25.9 Å². The highest BCUT2D eigenvalue weighted by atomic mass is 19.4. The van der Waals surface area contributed by atoms with Crippen molar-refractivity contribution >= 4 is 5.69 Å². The molecule has 1 aromatic rings. The van der Waals surface area contributed by atoms with Crippen molar-refractivity contribution in [2.45, 2.75) is 31.5 Å². The first kappa shape index (κ1) is 16.1. The zero-order valence-electron chi connectivity index (χ0n) is 12.1. The van der Waals surface area contributed by atoms with Gasteiger partial charge in [-0.25, -0.2) is 0 Å². The van der Waals surface area contributed by atoms with Crippen LogP contribution >= 0.6 is 0 Å². The number of ether oxygens (including phenoxy) is 1. The highest BCUT2D eigenvalue weighted by Gasteiger charge is 2.35. The number of benzene rings is 1. The minimum Gasteiger partial charge on any atom is -0.376 e. The zero-order valence-corrected chi connectivity index (χ0v) is 12.1. The van der Waals surface area contributed by atoms with E-state index in [1.807, 2.05) is 0 Å². The van der Waals surface area contributed by atoms with Crippen LogP contribution in [-0.4, -0.2) is 32.8 Å². The van der Waals surface area contributed by atoms with E-state index in [1.54, 1.807) is 18.0 Å². The lowest BCUT2D eigenvalue weighted by Crippen LogP contribution is -2.30. The van der Waals surface area contributed by atoms with Crippen molar-refractivity contribution < 1.29 is 17.9 Å². The smallest absolute Gasteiger partial charge is 0.376 e. The summed E-state index contributed by atoms with van der Waals surface area (Å²) in [6, 6.07) is 4.44. The van der Waals surface area contributed by atoms with Gasteiger partial charge in [-0.3, -0.25) is 0 Å². The van der Waals surface area contributed by atoms with Crippen LogP contribution in [0.25, 0.3) is 0 Å². The van der Waals surface area contributed by atoms with Gasteiger partial charge < -0.3 is 15.4 Å². The first-order chi connectivity index (χ1) is 9.91. The van der Waals surface area contributed by atoms with Gasteiger partial charge in [-0.2, -0.15) is 13.2 Å². The first-order valence-corrected chi connectivity index (χ1v) is 7.14. The van der Waals surface area contributed by atoms with Crippen LogP contribution in [0.15, 0.2) is 18.2 Å². The zero-order chi connectivity index (χ0) is 15.5. The Hall–Kier alpha value is -1.27. The molecule has 0 amide bonds. The molecule has 21 heavy (non-hydrogen) atoms. The quantitative estimate of drug-likeness (QED) is 0.909. The van der Waals surface area contributed by atoms with E-state index in [0.717, 1.165) is 12.8 Å². The highest BCUT2D eigenvalue weighted by molar-refractivity contribution is 5.56. The van der Waals surface area contributed by atoms with Gasteiger partial charge in [0.05, 0.1) is 11.7 Å². The molecule has 1 aliphatic heterocycles. The normalized spacial score (nSPS) is 19.0. The standard InChI is InChI=1S/C15H21F3N2O/c1-20(10-12-3-2-8-21-12)14-5-4-11(6-7-19)9-13(14)15(16,17)18/h4-5,9,12H,2-3,6-8,10,19H2,1H3. The molecule has 0 aliphatic carbocycles. The number of rotatable bonds is 5. The van der Waals surface area contributed by atoms with Crippen molar-refractivity contribution in [3.8, 4) is 0 Å². The van der Waals surface area contributed by atoms with Crippen LogP contribution < -0.4 is 10.6 Å². The second kappa shape index (κ2) is 6.66. The molecule has 1 fully saturated rings. The Balaban J connectivity index is 2.23. The lowest BCUT2D eigenvalue weighted by Gasteiger charge is -2.26. The van der Waals surface area contributed by atoms with E-state index in [0.29, 0.717) is 31.7 Å². The molecule has 1 atom stereocenters. The van der Waals surface area contributed by atoms with Crippen molar-refractivity contribution in [2.75, 3.05) is 31.6 Å². The van der Waals surface area contributed by atoms with Crippen LogP contribution in [0.1, 0.15) is 24.0 Å². The fourth-order valence-corrected chi connectivity index (χ4v) is 2.66. The Labute approximate surface area is 122 Å². The summed E-state index contributed by atoms with van der Waals surface area (Å²) < 4.78 is 45.3. The minimum absolute atomic E-state index is 0.0137. The number of halogens is 3. The molecule has 118 valence electrons. The summed E-state index contributed by atoms with van der Waals surface area (Å²) in [5, 5.41) is 0. The molecule has 0 bridgehead atoms. The van der Waals surface area contributed by atoms with E-state index < -0.39 is 11.7 Å². The summed E-state index contributed by atoms with van der Waals surface area (Å²) in [6.45, 7) is 1.50. The van der Waals surface area contributed by atoms with Crippen molar-refractivity contribution in [3.05, 3.63) is 29.3 Å². The van der Waals surface area contributed by atoms with Crippen LogP contribution in [0, 0.1) is 0 Å². The summed E-state index contributed by atoms with van der Waals surface area (Å²) in [5.74, 6) is 0. The van der Waals surface area contributed by atoms with E-state index in [-0.39, 0.29) is 11.8 Å². The predicted octanol–water partition coefficient (Wildman–Crippen LogP) is 2.82. The lowest BCUT2D eigenvalue weighted by molar-refractivity contribution is -0.137. The molecule has 1 aliphatic rings. The SMILES string of the molecule is CN(CC1CCCO1)c1ccc(CCN)cc1C(F)(F)F. The molecular formula is C15H21F3N2O. The number of likely N-dealkylation sites (N-methyl/N-ethyl adjacent to an activating group) is 1. The van der Waals surface area contributed by atoms with E-state index in [1.165, 1.54) is 12.1 Å². The van der Waals surface area contributed by atoms with E-state index in [9.17, 15) is 13.2 Å². The van der Waals surface area contributed by atoms with Crippen molar-refractivity contribution in [1.82, 2.24) is 0 Å². The maximum absolute atomic E-state index is 13.3. The van der Waals surface area contributed by atoms with Gasteiger partial charge in [0.15, 0.2) is 0 Å². The Morgan fingerprint density at radius 2 is 2.14 bits per heavy atom. The number of anilines is 1. The van der Waals surface area contributed by atoms with Gasteiger partial charge in [-0.1, -0.05) is 6.07 Å². The predicted molar refractivity (Wildman–Crippen MR) is 76.4 cm³/mol. The number of hydrogen-bond acceptors (Lipinski definition) is 3. The second-order valence-corrected chi connectivity index (χ2v) is 5.40. The van der Waals surface area contributed by atoms with Crippen LogP contribution in [0.4, 0.5) is 18.9 Å². The van der Waals surface area contributed by atoms with Gasteiger partial charge in [0.2, 0.25) is 0 Å². The summed E-state index contributed by atoms with van der Waals surface area (Å²) in [4.78, 5) is 1.63. The van der Waals surface area contributed by atoms with Crippen LogP contribution in [-0.2, 0) is 17.3 Å². The summed E-state index contributed by atoms with van der Waals surface area (Å²) in [6.07, 6.45) is -2.04. The molecule has 0 radical (unpaired) electrons. The fraction of sp³-hybridized carbons (Fsp3) is 0.600. The van der Waals surface area contributed by atoms with Crippen LogP contribution in [0.2, 0.25) is 0 Å². The van der Waals surface area contributed by atoms with Crippen molar-refractivity contribution in [1.29, 1.82) is 0 Å². The summed E-state index contributed by atoms with van der Waals surface area (Å²) in [7, 11) is 1.68. The molecule has 6 heteroatoms. The van der Waals surface area contributed by atoms with Crippen molar-refractivity contribution in [3.63, 3.8) is 0 Å². The molecule has 1 heterocycles. The highest BCUT2D eigenvalue weighted by Crippen LogP contribution is 2.37. The van der Waals surface area contributed by atoms with Gasteiger partial charge in [0.1, 0.15) is 0 Å². The van der Waals surface area contributed by atoms with Gasteiger partial charge in [0.25, 0.3) is 0 Å². The topological polar surface area (TPSA) is 38.5 Å². The molecule has 1 aromatic carbocycles. The molecule has 0 aromatic heterocycles. The van der Waals surface area contributed by atoms with Gasteiger partial charge >= 0.3 is 6.18 Å². The number of hydrogen-bond donors (Lipinski definition) is 1. The Morgan fingerprint density at radius 3 is 2.71 bits per heavy atom. The number of nitrogens with two attached hydrogens (primary N) is 1. The molecule has 3 nitrogen and oxygen atoms in total. The van der Waals surface area contributed by atoms with E-state index >= 15 is 0 Å².